The van der Waals surface area contributed by atoms with Crippen LogP contribution in [0.1, 0.15) is 44.2 Å². The van der Waals surface area contributed by atoms with Crippen LogP contribution in [0.3, 0.4) is 0 Å². The zero-order valence-corrected chi connectivity index (χ0v) is 17.6. The van der Waals surface area contributed by atoms with E-state index in [1.54, 1.807) is 0 Å². The molecule has 1 aromatic rings. The maximum Gasteiger partial charge on any atom is 0.307 e. The van der Waals surface area contributed by atoms with Gasteiger partial charge >= 0.3 is 5.97 Å². The molecule has 0 saturated carbocycles. The zero-order valence-electron chi connectivity index (χ0n) is 17.6. The third kappa shape index (κ3) is 5.40. The number of nitrogens with one attached hydrogen (secondary N) is 1. The summed E-state index contributed by atoms with van der Waals surface area (Å²) in [5, 5.41) is 13.4. The van der Waals surface area contributed by atoms with Crippen LogP contribution >= 0.6 is 0 Å². The Kier molecular flexibility index (Phi) is 7.87. The van der Waals surface area contributed by atoms with Gasteiger partial charge in [0.2, 0.25) is 5.91 Å². The third-order valence-electron chi connectivity index (χ3n) is 6.25. The maximum absolute atomic E-state index is 11.9. The number of nitrogens with zero attached hydrogens (tertiary/aromatic N) is 1. The molecule has 0 aromatic heterocycles. The van der Waals surface area contributed by atoms with Crippen molar-refractivity contribution in [2.75, 3.05) is 26.2 Å². The van der Waals surface area contributed by atoms with Crippen molar-refractivity contribution in [1.82, 2.24) is 10.2 Å². The molecule has 0 radical (unpaired) electrons. The molecule has 7 nitrogen and oxygen atoms in total. The van der Waals surface area contributed by atoms with Gasteiger partial charge in [0, 0.05) is 43.7 Å². The fraction of sp³-hybridized carbons (Fsp3) is 0.565. The number of nitrogens with two attached hydrogens (primary N) is 1. The summed E-state index contributed by atoms with van der Waals surface area (Å²) in [6.07, 6.45) is 6.13. The van der Waals surface area contributed by atoms with E-state index < -0.39 is 11.9 Å². The van der Waals surface area contributed by atoms with Crippen molar-refractivity contribution in [2.24, 2.45) is 17.6 Å². The lowest BCUT2D eigenvalue weighted by Crippen LogP contribution is -2.54. The maximum atomic E-state index is 11.9. The van der Waals surface area contributed by atoms with Crippen LogP contribution in [-0.4, -0.2) is 54.2 Å². The number of amides is 1. The van der Waals surface area contributed by atoms with E-state index in [0.717, 1.165) is 30.9 Å². The first-order valence-electron chi connectivity index (χ1n) is 10.9. The Morgan fingerprint density at radius 1 is 1.30 bits per heavy atom. The molecule has 164 valence electrons. The van der Waals surface area contributed by atoms with Gasteiger partial charge in [0.15, 0.2) is 0 Å². The molecule has 7 heteroatoms. The highest BCUT2D eigenvalue weighted by molar-refractivity contribution is 5.74. The number of hydrogen-bond acceptors (Lipinski definition) is 5. The average molecular weight is 416 g/mol. The van der Waals surface area contributed by atoms with Crippen molar-refractivity contribution in [3.8, 4) is 5.75 Å². The molecule has 4 unspecified atom stereocenters. The molecule has 0 spiro atoms. The number of rotatable bonds is 9. The summed E-state index contributed by atoms with van der Waals surface area (Å²) in [6.45, 7) is 4.91. The molecule has 30 heavy (non-hydrogen) atoms. The van der Waals surface area contributed by atoms with Crippen LogP contribution in [0.5, 0.6) is 5.75 Å². The highest BCUT2D eigenvalue weighted by Crippen LogP contribution is 2.35. The summed E-state index contributed by atoms with van der Waals surface area (Å²) in [7, 11) is 0. The quantitative estimate of drug-likeness (QED) is 0.535. The van der Waals surface area contributed by atoms with Gasteiger partial charge in [-0.2, -0.15) is 0 Å². The van der Waals surface area contributed by atoms with Crippen molar-refractivity contribution in [2.45, 2.75) is 44.7 Å². The van der Waals surface area contributed by atoms with Crippen LogP contribution in [0, 0.1) is 11.8 Å². The summed E-state index contributed by atoms with van der Waals surface area (Å²) in [4.78, 5) is 25.8. The highest BCUT2D eigenvalue weighted by atomic mass is 16.5. The Balaban J connectivity index is 1.83. The fourth-order valence-electron chi connectivity index (χ4n) is 4.84. The first-order valence-corrected chi connectivity index (χ1v) is 10.9. The smallest absolute Gasteiger partial charge is 0.307 e. The van der Waals surface area contributed by atoms with Crippen LogP contribution in [-0.2, 0) is 9.59 Å². The number of aliphatic carboxylic acids is 1. The van der Waals surface area contributed by atoms with Crippen molar-refractivity contribution in [3.05, 3.63) is 42.0 Å². The molecule has 4 N–H and O–H groups in total. The summed E-state index contributed by atoms with van der Waals surface area (Å²) in [6, 6.07) is 8.11. The molecule has 1 aliphatic carbocycles. The minimum atomic E-state index is -0.762. The molecule has 0 bridgehead atoms. The number of hydrogen-bond donors (Lipinski definition) is 3. The molecule has 1 amide bonds. The second kappa shape index (κ2) is 10.6. The minimum Gasteiger partial charge on any atom is -0.494 e. The summed E-state index contributed by atoms with van der Waals surface area (Å²) >= 11 is 0. The topological polar surface area (TPSA) is 105 Å². The van der Waals surface area contributed by atoms with Gasteiger partial charge < -0.3 is 20.9 Å². The largest absolute Gasteiger partial charge is 0.494 e. The van der Waals surface area contributed by atoms with Gasteiger partial charge in [0.25, 0.3) is 0 Å². The van der Waals surface area contributed by atoms with Crippen LogP contribution in [0.4, 0.5) is 0 Å². The lowest BCUT2D eigenvalue weighted by molar-refractivity contribution is -0.145. The Hall–Kier alpha value is -2.38. The van der Waals surface area contributed by atoms with Gasteiger partial charge in [-0.3, -0.25) is 14.5 Å². The van der Waals surface area contributed by atoms with Gasteiger partial charge in [-0.25, -0.2) is 0 Å². The van der Waals surface area contributed by atoms with E-state index in [2.05, 4.69) is 22.4 Å². The first-order chi connectivity index (χ1) is 14.5. The molecule has 2 aliphatic rings. The van der Waals surface area contributed by atoms with E-state index in [9.17, 15) is 14.7 Å². The predicted octanol–water partition coefficient (Wildman–Crippen LogP) is 2.33. The van der Waals surface area contributed by atoms with Gasteiger partial charge in [-0.15, -0.1) is 0 Å². The van der Waals surface area contributed by atoms with Gasteiger partial charge in [-0.1, -0.05) is 30.4 Å². The standard InChI is InChI=1S/C23H33N3O4/c1-2-30-21-10-6-5-9-18(21)19-15-26(14-13-25-19)20(11-12-22(24)27)16-7-3-4-8-17(16)23(28)29/h3-6,9-10,16-17,19-20,25H,2,7-8,11-15H2,1H3,(H2,24,27)(H,28,29). The number of para-hydroxylation sites is 1. The van der Waals surface area contributed by atoms with Crippen LogP contribution in [0.2, 0.25) is 0 Å². The van der Waals surface area contributed by atoms with Crippen LogP contribution in [0.25, 0.3) is 0 Å². The number of carbonyl (C=O) groups excluding carboxylic acids is 1. The van der Waals surface area contributed by atoms with E-state index in [1.807, 2.05) is 31.2 Å². The van der Waals surface area contributed by atoms with E-state index in [1.165, 1.54) is 0 Å². The summed E-state index contributed by atoms with van der Waals surface area (Å²) < 4.78 is 5.82. The lowest BCUT2D eigenvalue weighted by Gasteiger charge is -2.44. The summed E-state index contributed by atoms with van der Waals surface area (Å²) in [5.74, 6) is -0.699. The predicted molar refractivity (Wildman–Crippen MR) is 115 cm³/mol. The average Bonchev–Trinajstić information content (AvgIpc) is 2.75. The lowest BCUT2D eigenvalue weighted by atomic mass is 9.76. The van der Waals surface area contributed by atoms with Crippen LogP contribution < -0.4 is 15.8 Å². The molecule has 1 aliphatic heterocycles. The molecular formula is C23H33N3O4. The van der Waals surface area contributed by atoms with E-state index in [4.69, 9.17) is 10.5 Å². The van der Waals surface area contributed by atoms with E-state index >= 15 is 0 Å². The highest BCUT2D eigenvalue weighted by Gasteiger charge is 2.39. The van der Waals surface area contributed by atoms with Crippen molar-refractivity contribution in [3.63, 3.8) is 0 Å². The number of carbonyl (C=O) groups is 2. The number of primary amides is 1. The number of allylic oxidation sites excluding steroid dienone is 2. The monoisotopic (exact) mass is 415 g/mol. The number of carboxylic acid groups (broad SMARTS) is 1. The van der Waals surface area contributed by atoms with E-state index in [-0.39, 0.29) is 30.3 Å². The SMILES string of the molecule is CCOc1ccccc1C1CN(C(CCC(N)=O)C2CC=CCC2C(=O)O)CCN1. The molecule has 1 heterocycles. The Bertz CT molecular complexity index is 767. The van der Waals surface area contributed by atoms with Gasteiger partial charge in [0.05, 0.1) is 12.5 Å². The molecule has 3 rings (SSSR count). The Labute approximate surface area is 178 Å². The van der Waals surface area contributed by atoms with Crippen molar-refractivity contribution in [1.29, 1.82) is 0 Å². The second-order valence-corrected chi connectivity index (χ2v) is 8.10. The summed E-state index contributed by atoms with van der Waals surface area (Å²) in [5.41, 5.74) is 6.56. The van der Waals surface area contributed by atoms with Gasteiger partial charge in [0.1, 0.15) is 5.75 Å². The van der Waals surface area contributed by atoms with Crippen molar-refractivity contribution >= 4 is 11.9 Å². The third-order valence-corrected chi connectivity index (χ3v) is 6.25. The Morgan fingerprint density at radius 2 is 2.07 bits per heavy atom. The molecular weight excluding hydrogens is 382 g/mol. The molecule has 1 fully saturated rings. The molecule has 1 aromatic carbocycles. The second-order valence-electron chi connectivity index (χ2n) is 8.10. The number of ether oxygens (including phenoxy) is 1. The number of piperazine rings is 1. The minimum absolute atomic E-state index is 0.00703. The van der Waals surface area contributed by atoms with E-state index in [0.29, 0.717) is 25.9 Å². The van der Waals surface area contributed by atoms with Crippen LogP contribution in [0.15, 0.2) is 36.4 Å². The zero-order chi connectivity index (χ0) is 21.5. The molecule has 1 saturated heterocycles. The Morgan fingerprint density at radius 3 is 2.80 bits per heavy atom. The normalized spacial score (nSPS) is 25.6. The number of benzene rings is 1. The fourth-order valence-corrected chi connectivity index (χ4v) is 4.84. The molecule has 4 atom stereocenters. The first kappa shape index (κ1) is 22.3. The van der Waals surface area contributed by atoms with Gasteiger partial charge in [-0.05, 0) is 38.2 Å². The van der Waals surface area contributed by atoms with Crippen molar-refractivity contribution < 1.29 is 19.4 Å². The number of carboxylic acids is 1.